The second-order valence-corrected chi connectivity index (χ2v) is 3.74. The zero-order valence-corrected chi connectivity index (χ0v) is 9.92. The van der Waals surface area contributed by atoms with E-state index in [0.717, 1.165) is 0 Å². The van der Waals surface area contributed by atoms with Crippen LogP contribution in [0.4, 0.5) is 22.0 Å². The molecule has 0 spiro atoms. The molecule has 9 heteroatoms. The molecule has 0 saturated carbocycles. The van der Waals surface area contributed by atoms with Gasteiger partial charge in [-0.25, -0.2) is 13.8 Å². The van der Waals surface area contributed by atoms with Crippen molar-refractivity contribution in [2.24, 2.45) is 0 Å². The monoisotopic (exact) mass is 367 g/mol. The minimum Gasteiger partial charge on any atom is -0.405 e. The highest BCUT2D eigenvalue weighted by atomic mass is 127. The predicted molar refractivity (Wildman–Crippen MR) is 54.0 cm³/mol. The Morgan fingerprint density at radius 2 is 2.00 bits per heavy atom. The van der Waals surface area contributed by atoms with Crippen LogP contribution in [0.15, 0.2) is 6.07 Å². The molecular weight excluding hydrogens is 364 g/mol. The summed E-state index contributed by atoms with van der Waals surface area (Å²) in [6, 6.07) is 0.518. The zero-order chi connectivity index (χ0) is 13.2. The Bertz CT molecular complexity index is 435. The molecule has 17 heavy (non-hydrogen) atoms. The Morgan fingerprint density at radius 3 is 2.41 bits per heavy atom. The van der Waals surface area contributed by atoms with Crippen molar-refractivity contribution in [1.82, 2.24) is 4.98 Å². The average molecular weight is 367 g/mol. The molecule has 1 heterocycles. The molecule has 0 aliphatic carbocycles. The van der Waals surface area contributed by atoms with Gasteiger partial charge < -0.3 is 4.74 Å². The van der Waals surface area contributed by atoms with Crippen molar-refractivity contribution in [1.29, 1.82) is 0 Å². The van der Waals surface area contributed by atoms with Gasteiger partial charge in [0.15, 0.2) is 6.29 Å². The SMILES string of the molecule is O=Cc1cc(OC(F)(F)F)c(C(F)F)c(I)n1. The summed E-state index contributed by atoms with van der Waals surface area (Å²) in [5.41, 5.74) is -1.41. The van der Waals surface area contributed by atoms with Crippen molar-refractivity contribution >= 4 is 28.9 Å². The van der Waals surface area contributed by atoms with Crippen LogP contribution in [-0.4, -0.2) is 17.6 Å². The molecule has 1 aromatic heterocycles. The molecule has 0 fully saturated rings. The molecule has 0 N–H and O–H groups in total. The number of rotatable bonds is 3. The highest BCUT2D eigenvalue weighted by molar-refractivity contribution is 14.1. The van der Waals surface area contributed by atoms with Gasteiger partial charge in [0.1, 0.15) is 15.1 Å². The summed E-state index contributed by atoms with van der Waals surface area (Å²) in [4.78, 5) is 13.8. The third-order valence-corrected chi connectivity index (χ3v) is 2.38. The van der Waals surface area contributed by atoms with Crippen LogP contribution in [0, 0.1) is 3.70 Å². The number of carbonyl (C=O) groups excluding carboxylic acids is 1. The Balaban J connectivity index is 3.32. The van der Waals surface area contributed by atoms with Crippen LogP contribution in [0.25, 0.3) is 0 Å². The Labute approximate surface area is 105 Å². The standard InChI is InChI=1S/C8H3F5INO2/c9-6(10)5-4(17-8(11,12)13)1-3(2-16)15-7(5)14/h1-2,6H. The first kappa shape index (κ1) is 14.1. The van der Waals surface area contributed by atoms with Crippen LogP contribution in [0.1, 0.15) is 22.5 Å². The lowest BCUT2D eigenvalue weighted by molar-refractivity contribution is -0.275. The maximum atomic E-state index is 12.5. The van der Waals surface area contributed by atoms with Gasteiger partial charge in [0.05, 0.1) is 5.56 Å². The van der Waals surface area contributed by atoms with Gasteiger partial charge in [-0.3, -0.25) is 4.79 Å². The molecule has 0 aromatic carbocycles. The summed E-state index contributed by atoms with van der Waals surface area (Å²) in [7, 11) is 0. The average Bonchev–Trinajstić information content (AvgIpc) is 2.13. The van der Waals surface area contributed by atoms with E-state index in [1.165, 1.54) is 22.6 Å². The van der Waals surface area contributed by atoms with Crippen LogP contribution < -0.4 is 4.74 Å². The van der Waals surface area contributed by atoms with Gasteiger partial charge in [-0.05, 0) is 22.6 Å². The Morgan fingerprint density at radius 1 is 1.41 bits per heavy atom. The predicted octanol–water partition coefficient (Wildman–Crippen LogP) is 3.33. The van der Waals surface area contributed by atoms with E-state index in [2.05, 4.69) is 9.72 Å². The lowest BCUT2D eigenvalue weighted by atomic mass is 10.2. The van der Waals surface area contributed by atoms with Crippen molar-refractivity contribution in [2.45, 2.75) is 12.8 Å². The Kier molecular flexibility index (Phi) is 4.22. The van der Waals surface area contributed by atoms with Crippen molar-refractivity contribution in [2.75, 3.05) is 0 Å². The molecule has 0 aliphatic heterocycles. The Hall–Kier alpha value is -1.00. The fourth-order valence-electron chi connectivity index (χ4n) is 0.987. The topological polar surface area (TPSA) is 39.2 Å². The highest BCUT2D eigenvalue weighted by Gasteiger charge is 2.34. The number of hydrogen-bond donors (Lipinski definition) is 0. The normalized spacial score (nSPS) is 11.7. The first-order valence-corrected chi connectivity index (χ1v) is 5.02. The number of aldehydes is 1. The summed E-state index contributed by atoms with van der Waals surface area (Å²) in [6.45, 7) is 0. The summed E-state index contributed by atoms with van der Waals surface area (Å²) >= 11 is 1.30. The molecule has 0 bridgehead atoms. The number of alkyl halides is 5. The van der Waals surface area contributed by atoms with E-state index in [0.29, 0.717) is 6.07 Å². The van der Waals surface area contributed by atoms with Gasteiger partial charge in [0.25, 0.3) is 6.43 Å². The van der Waals surface area contributed by atoms with Crippen molar-refractivity contribution in [3.63, 3.8) is 0 Å². The first-order chi connectivity index (χ1) is 7.74. The van der Waals surface area contributed by atoms with Gasteiger partial charge in [-0.15, -0.1) is 13.2 Å². The highest BCUT2D eigenvalue weighted by Crippen LogP contribution is 2.35. The second-order valence-electron chi connectivity index (χ2n) is 2.72. The molecule has 3 nitrogen and oxygen atoms in total. The minimum absolute atomic E-state index is 0.140. The van der Waals surface area contributed by atoms with E-state index in [-0.39, 0.29) is 6.29 Å². The number of halogens is 6. The lowest BCUT2D eigenvalue weighted by Crippen LogP contribution is -2.19. The molecule has 94 valence electrons. The van der Waals surface area contributed by atoms with Gasteiger partial charge >= 0.3 is 6.36 Å². The van der Waals surface area contributed by atoms with E-state index < -0.39 is 33.5 Å². The second kappa shape index (κ2) is 5.10. The molecule has 0 atom stereocenters. The fraction of sp³-hybridized carbons (Fsp3) is 0.250. The van der Waals surface area contributed by atoms with E-state index >= 15 is 0 Å². The molecule has 1 rings (SSSR count). The fourth-order valence-corrected chi connectivity index (χ4v) is 1.77. The largest absolute Gasteiger partial charge is 0.573 e. The minimum atomic E-state index is -5.12. The summed E-state index contributed by atoms with van der Waals surface area (Å²) in [6.07, 6.45) is -8.16. The molecule has 0 unspecified atom stereocenters. The van der Waals surface area contributed by atoms with Crippen molar-refractivity contribution in [3.05, 3.63) is 21.0 Å². The number of ether oxygens (including phenoxy) is 1. The lowest BCUT2D eigenvalue weighted by Gasteiger charge is -2.14. The third kappa shape index (κ3) is 3.75. The van der Waals surface area contributed by atoms with E-state index in [9.17, 15) is 26.7 Å². The van der Waals surface area contributed by atoms with Crippen LogP contribution in [-0.2, 0) is 0 Å². The molecule has 0 amide bonds. The summed E-state index contributed by atoms with van der Waals surface area (Å²) < 4.78 is 64.0. The molecule has 0 saturated heterocycles. The summed E-state index contributed by atoms with van der Waals surface area (Å²) in [5, 5.41) is 0. The number of carbonyl (C=O) groups is 1. The third-order valence-electron chi connectivity index (χ3n) is 1.56. The van der Waals surface area contributed by atoms with Gasteiger partial charge in [-0.2, -0.15) is 0 Å². The van der Waals surface area contributed by atoms with Crippen LogP contribution in [0.2, 0.25) is 0 Å². The quantitative estimate of drug-likeness (QED) is 0.356. The smallest absolute Gasteiger partial charge is 0.405 e. The summed E-state index contributed by atoms with van der Waals surface area (Å²) in [5.74, 6) is -1.12. The van der Waals surface area contributed by atoms with Gasteiger partial charge in [0.2, 0.25) is 0 Å². The maximum absolute atomic E-state index is 12.5. The molecule has 1 aromatic rings. The maximum Gasteiger partial charge on any atom is 0.573 e. The van der Waals surface area contributed by atoms with Gasteiger partial charge in [0, 0.05) is 6.07 Å². The molecular formula is C8H3F5INO2. The van der Waals surface area contributed by atoms with Crippen molar-refractivity contribution in [3.8, 4) is 5.75 Å². The van der Waals surface area contributed by atoms with E-state index in [1.807, 2.05) is 0 Å². The number of pyridine rings is 1. The van der Waals surface area contributed by atoms with Crippen LogP contribution in [0.5, 0.6) is 5.75 Å². The number of aromatic nitrogens is 1. The van der Waals surface area contributed by atoms with Crippen molar-refractivity contribution < 1.29 is 31.5 Å². The zero-order valence-electron chi connectivity index (χ0n) is 7.76. The van der Waals surface area contributed by atoms with E-state index in [1.54, 1.807) is 0 Å². The molecule has 0 aliphatic rings. The van der Waals surface area contributed by atoms with E-state index in [4.69, 9.17) is 0 Å². The number of nitrogens with zero attached hydrogens (tertiary/aromatic N) is 1. The number of hydrogen-bond acceptors (Lipinski definition) is 3. The first-order valence-electron chi connectivity index (χ1n) is 3.94. The van der Waals surface area contributed by atoms with Gasteiger partial charge in [-0.1, -0.05) is 0 Å². The van der Waals surface area contributed by atoms with Crippen LogP contribution >= 0.6 is 22.6 Å². The molecule has 0 radical (unpaired) electrons. The van der Waals surface area contributed by atoms with Crippen LogP contribution in [0.3, 0.4) is 0 Å².